The molecule has 1 aromatic heterocycles. The molecule has 0 unspecified atom stereocenters. The highest BCUT2D eigenvalue weighted by Gasteiger charge is 2.13. The third-order valence-electron chi connectivity index (χ3n) is 2.33. The molecule has 5 heteroatoms. The molecule has 5 nitrogen and oxygen atoms in total. The van der Waals surface area contributed by atoms with Gasteiger partial charge in [0.25, 0.3) is 0 Å². The maximum atomic E-state index is 11.8. The van der Waals surface area contributed by atoms with Crippen LogP contribution in [-0.2, 0) is 4.79 Å². The van der Waals surface area contributed by atoms with Crippen LogP contribution in [0.2, 0.25) is 0 Å². The molecule has 2 N–H and O–H groups in total. The highest BCUT2D eigenvalue weighted by Crippen LogP contribution is 2.21. The van der Waals surface area contributed by atoms with Gasteiger partial charge in [-0.1, -0.05) is 0 Å². The molecular weight excluding hydrogens is 228 g/mol. The topological polar surface area (TPSA) is 57.3 Å². The number of nitrogens with one attached hydrogen (secondary N) is 2. The molecular formula is C13H22N4O. The molecule has 0 aliphatic rings. The largest absolute Gasteiger partial charge is 0.376 e. The molecule has 0 saturated heterocycles. The molecule has 18 heavy (non-hydrogen) atoms. The Labute approximate surface area is 109 Å². The van der Waals surface area contributed by atoms with E-state index in [2.05, 4.69) is 15.6 Å². The van der Waals surface area contributed by atoms with Crippen LogP contribution in [0.1, 0.15) is 20.8 Å². The van der Waals surface area contributed by atoms with Gasteiger partial charge >= 0.3 is 0 Å². The van der Waals surface area contributed by atoms with Crippen LogP contribution in [-0.4, -0.2) is 37.1 Å². The van der Waals surface area contributed by atoms with Gasteiger partial charge in [0, 0.05) is 25.8 Å². The van der Waals surface area contributed by atoms with Crippen LogP contribution in [0, 0.1) is 0 Å². The zero-order valence-corrected chi connectivity index (χ0v) is 11.7. The Morgan fingerprint density at radius 3 is 2.61 bits per heavy atom. The first-order chi connectivity index (χ1) is 8.29. The van der Waals surface area contributed by atoms with Gasteiger partial charge in [-0.05, 0) is 26.8 Å². The van der Waals surface area contributed by atoms with Crippen LogP contribution in [0.25, 0.3) is 0 Å². The van der Waals surface area contributed by atoms with E-state index in [-0.39, 0.29) is 18.0 Å². The van der Waals surface area contributed by atoms with Gasteiger partial charge in [-0.15, -0.1) is 0 Å². The molecule has 1 amide bonds. The van der Waals surface area contributed by atoms with Crippen molar-refractivity contribution in [3.05, 3.63) is 18.5 Å². The smallest absolute Gasteiger partial charge is 0.238 e. The number of hydrogen-bond donors (Lipinski definition) is 2. The maximum absolute atomic E-state index is 11.8. The van der Waals surface area contributed by atoms with Crippen LogP contribution < -0.4 is 15.5 Å². The van der Waals surface area contributed by atoms with E-state index in [1.807, 2.05) is 45.8 Å². The standard InChI is InChI=1S/C13H22N4O/c1-13(2,3)15-9-12(18)16-10-8-14-7-6-11(10)17(4)5/h6-8,15H,9H2,1-5H3,(H,16,18). The first kappa shape index (κ1) is 14.4. The Bertz CT molecular complexity index is 410. The monoisotopic (exact) mass is 250 g/mol. The van der Waals surface area contributed by atoms with Crippen LogP contribution >= 0.6 is 0 Å². The molecule has 1 heterocycles. The second-order valence-corrected chi connectivity index (χ2v) is 5.44. The van der Waals surface area contributed by atoms with Crippen molar-refractivity contribution in [1.82, 2.24) is 10.3 Å². The van der Waals surface area contributed by atoms with E-state index in [0.717, 1.165) is 11.4 Å². The number of hydrogen-bond acceptors (Lipinski definition) is 4. The molecule has 0 saturated carbocycles. The summed E-state index contributed by atoms with van der Waals surface area (Å²) in [5.74, 6) is -0.0685. The van der Waals surface area contributed by atoms with Crippen molar-refractivity contribution in [2.45, 2.75) is 26.3 Å². The number of amides is 1. The molecule has 0 radical (unpaired) electrons. The Hall–Kier alpha value is -1.62. The van der Waals surface area contributed by atoms with Crippen molar-refractivity contribution in [3.8, 4) is 0 Å². The number of carbonyl (C=O) groups is 1. The second-order valence-electron chi connectivity index (χ2n) is 5.44. The van der Waals surface area contributed by atoms with E-state index in [1.54, 1.807) is 12.4 Å². The molecule has 0 spiro atoms. The summed E-state index contributed by atoms with van der Waals surface area (Å²) in [5, 5.41) is 6.00. The van der Waals surface area contributed by atoms with E-state index in [4.69, 9.17) is 0 Å². The van der Waals surface area contributed by atoms with Crippen molar-refractivity contribution in [3.63, 3.8) is 0 Å². The molecule has 100 valence electrons. The van der Waals surface area contributed by atoms with Gasteiger partial charge in [-0.3, -0.25) is 9.78 Å². The highest BCUT2D eigenvalue weighted by atomic mass is 16.1. The van der Waals surface area contributed by atoms with E-state index in [9.17, 15) is 4.79 Å². The van der Waals surface area contributed by atoms with Crippen molar-refractivity contribution in [1.29, 1.82) is 0 Å². The number of rotatable bonds is 4. The van der Waals surface area contributed by atoms with Gasteiger partial charge in [0.05, 0.1) is 24.1 Å². The Kier molecular flexibility index (Phi) is 4.67. The third-order valence-corrected chi connectivity index (χ3v) is 2.33. The minimum atomic E-state index is -0.0728. The summed E-state index contributed by atoms with van der Waals surface area (Å²) in [7, 11) is 3.86. The molecule has 0 aliphatic heterocycles. The lowest BCUT2D eigenvalue weighted by molar-refractivity contribution is -0.115. The van der Waals surface area contributed by atoms with Crippen LogP contribution in [0.4, 0.5) is 11.4 Å². The Balaban J connectivity index is 2.65. The lowest BCUT2D eigenvalue weighted by Crippen LogP contribution is -2.41. The Morgan fingerprint density at radius 1 is 1.39 bits per heavy atom. The Morgan fingerprint density at radius 2 is 2.06 bits per heavy atom. The summed E-state index contributed by atoms with van der Waals surface area (Å²) in [6.07, 6.45) is 3.36. The van der Waals surface area contributed by atoms with Gasteiger partial charge in [0.15, 0.2) is 0 Å². The highest BCUT2D eigenvalue weighted by molar-refractivity contribution is 5.95. The zero-order chi connectivity index (χ0) is 13.8. The molecule has 0 aromatic carbocycles. The predicted molar refractivity (Wildman–Crippen MR) is 74.9 cm³/mol. The summed E-state index contributed by atoms with van der Waals surface area (Å²) < 4.78 is 0. The summed E-state index contributed by atoms with van der Waals surface area (Å²) in [6.45, 7) is 6.35. The normalized spacial score (nSPS) is 11.2. The van der Waals surface area contributed by atoms with E-state index in [0.29, 0.717) is 0 Å². The summed E-state index contributed by atoms with van der Waals surface area (Å²) >= 11 is 0. The lowest BCUT2D eigenvalue weighted by Gasteiger charge is -2.21. The molecule has 0 bridgehead atoms. The quantitative estimate of drug-likeness (QED) is 0.849. The van der Waals surface area contributed by atoms with E-state index in [1.165, 1.54) is 0 Å². The predicted octanol–water partition coefficient (Wildman–Crippen LogP) is 1.47. The summed E-state index contributed by atoms with van der Waals surface area (Å²) in [5.41, 5.74) is 1.59. The third kappa shape index (κ3) is 4.71. The number of nitrogens with zero attached hydrogens (tertiary/aromatic N) is 2. The van der Waals surface area contributed by atoms with Crippen LogP contribution in [0.15, 0.2) is 18.5 Å². The van der Waals surface area contributed by atoms with Crippen molar-refractivity contribution >= 4 is 17.3 Å². The average molecular weight is 250 g/mol. The van der Waals surface area contributed by atoms with Crippen molar-refractivity contribution < 1.29 is 4.79 Å². The molecule has 1 rings (SSSR count). The molecule has 0 atom stereocenters. The summed E-state index contributed by atoms with van der Waals surface area (Å²) in [4.78, 5) is 17.8. The first-order valence-electron chi connectivity index (χ1n) is 5.96. The average Bonchev–Trinajstić information content (AvgIpc) is 2.26. The van der Waals surface area contributed by atoms with Gasteiger partial charge in [0.2, 0.25) is 5.91 Å². The minimum Gasteiger partial charge on any atom is -0.376 e. The SMILES string of the molecule is CN(C)c1ccncc1NC(=O)CNC(C)(C)C. The number of pyridine rings is 1. The molecule has 0 aliphatic carbocycles. The zero-order valence-electron chi connectivity index (χ0n) is 11.7. The number of anilines is 2. The molecule has 0 fully saturated rings. The van der Waals surface area contributed by atoms with E-state index >= 15 is 0 Å². The van der Waals surface area contributed by atoms with Gasteiger partial charge in [0.1, 0.15) is 0 Å². The minimum absolute atomic E-state index is 0.0685. The van der Waals surface area contributed by atoms with Crippen LogP contribution in [0.5, 0.6) is 0 Å². The van der Waals surface area contributed by atoms with Crippen molar-refractivity contribution in [2.75, 3.05) is 30.9 Å². The lowest BCUT2D eigenvalue weighted by atomic mass is 10.1. The van der Waals surface area contributed by atoms with Gasteiger partial charge in [-0.2, -0.15) is 0 Å². The number of carbonyl (C=O) groups excluding carboxylic acids is 1. The summed E-state index contributed by atoms with van der Waals surface area (Å²) in [6, 6.07) is 1.87. The second kappa shape index (κ2) is 5.82. The number of aromatic nitrogens is 1. The maximum Gasteiger partial charge on any atom is 0.238 e. The van der Waals surface area contributed by atoms with Crippen LogP contribution in [0.3, 0.4) is 0 Å². The first-order valence-corrected chi connectivity index (χ1v) is 5.96. The molecule has 1 aromatic rings. The fraction of sp³-hybridized carbons (Fsp3) is 0.538. The van der Waals surface area contributed by atoms with Crippen molar-refractivity contribution in [2.24, 2.45) is 0 Å². The fourth-order valence-electron chi connectivity index (χ4n) is 1.41. The van der Waals surface area contributed by atoms with E-state index < -0.39 is 0 Å². The van der Waals surface area contributed by atoms with Gasteiger partial charge in [-0.25, -0.2) is 0 Å². The van der Waals surface area contributed by atoms with Gasteiger partial charge < -0.3 is 15.5 Å². The fourth-order valence-corrected chi connectivity index (χ4v) is 1.41.